The molecule has 2 heterocycles. The van der Waals surface area contributed by atoms with Gasteiger partial charge in [0.1, 0.15) is 24.6 Å². The molecule has 2 rings (SSSR count). The lowest BCUT2D eigenvalue weighted by Crippen LogP contribution is -2.50. The molecule has 1 aromatic rings. The molecule has 26 heavy (non-hydrogen) atoms. The summed E-state index contributed by atoms with van der Waals surface area (Å²) in [5, 5.41) is 15.8. The van der Waals surface area contributed by atoms with Gasteiger partial charge < -0.3 is 14.8 Å². The van der Waals surface area contributed by atoms with Crippen molar-refractivity contribution in [2.24, 2.45) is 7.05 Å². The lowest BCUT2D eigenvalue weighted by atomic mass is 10.1. The van der Waals surface area contributed by atoms with Crippen molar-refractivity contribution in [3.05, 3.63) is 22.5 Å². The number of nitrogens with one attached hydrogen (secondary N) is 1. The van der Waals surface area contributed by atoms with Crippen LogP contribution in [0.25, 0.3) is 0 Å². The van der Waals surface area contributed by atoms with Crippen molar-refractivity contribution in [1.29, 1.82) is 0 Å². The van der Waals surface area contributed by atoms with Crippen molar-refractivity contribution in [1.82, 2.24) is 15.1 Å². The van der Waals surface area contributed by atoms with Crippen molar-refractivity contribution in [2.45, 2.75) is 51.2 Å². The number of nitrogens with zero attached hydrogens (tertiary/aromatic N) is 3. The molecule has 0 aromatic carbocycles. The van der Waals surface area contributed by atoms with Crippen LogP contribution in [0.2, 0.25) is 0 Å². The molecule has 1 aliphatic rings. The van der Waals surface area contributed by atoms with Crippen LogP contribution in [0.3, 0.4) is 0 Å². The summed E-state index contributed by atoms with van der Waals surface area (Å²) >= 11 is 0. The molecule has 1 aromatic heterocycles. The first-order valence-electron chi connectivity index (χ1n) is 7.99. The molecule has 148 valence electrons. The van der Waals surface area contributed by atoms with Gasteiger partial charge >= 0.3 is 11.8 Å². The quantitative estimate of drug-likeness (QED) is 0.626. The van der Waals surface area contributed by atoms with Gasteiger partial charge in [-0.2, -0.15) is 5.10 Å². The van der Waals surface area contributed by atoms with Gasteiger partial charge in [0.25, 0.3) is 5.92 Å². The molecule has 0 spiro atoms. The molecule has 0 aliphatic carbocycles. The zero-order valence-corrected chi connectivity index (χ0v) is 15.2. The minimum Gasteiger partial charge on any atom is -0.444 e. The van der Waals surface area contributed by atoms with E-state index >= 15 is 0 Å². The van der Waals surface area contributed by atoms with E-state index < -0.39 is 35.2 Å². The zero-order chi connectivity index (χ0) is 20.0. The topological polar surface area (TPSA) is 109 Å². The highest BCUT2D eigenvalue weighted by atomic mass is 19.3. The number of halogens is 2. The van der Waals surface area contributed by atoms with Crippen molar-refractivity contribution in [3.8, 4) is 0 Å². The third-order valence-electron chi connectivity index (χ3n) is 3.18. The molecule has 0 bridgehead atoms. The number of amides is 1. The summed E-state index contributed by atoms with van der Waals surface area (Å²) in [6.07, 6.45) is 2.42. The number of hydrogen-bond acceptors (Lipinski definition) is 6. The van der Waals surface area contributed by atoms with E-state index in [1.807, 2.05) is 0 Å². The van der Waals surface area contributed by atoms with Gasteiger partial charge in [-0.05, 0) is 33.6 Å². The van der Waals surface area contributed by atoms with Crippen LogP contribution in [-0.4, -0.2) is 51.6 Å². The number of carbonyl (C=O) groups excluding carboxylic acids is 1. The Hall–Kier alpha value is -2.30. The molecule has 9 nitrogen and oxygen atoms in total. The average Bonchev–Trinajstić information content (AvgIpc) is 2.84. The summed E-state index contributed by atoms with van der Waals surface area (Å²) in [4.78, 5) is 20.9. The Balaban J connectivity index is 0.000000314. The summed E-state index contributed by atoms with van der Waals surface area (Å²) in [5.41, 5.74) is -0.668. The Kier molecular flexibility index (Phi) is 7.42. The zero-order valence-electron chi connectivity index (χ0n) is 15.2. The number of carbonyl (C=O) groups is 1. The highest BCUT2D eigenvalue weighted by Crippen LogP contribution is 2.25. The van der Waals surface area contributed by atoms with Gasteiger partial charge in [-0.25, -0.2) is 13.6 Å². The van der Waals surface area contributed by atoms with Crippen LogP contribution < -0.4 is 5.32 Å². The Labute approximate surface area is 149 Å². The van der Waals surface area contributed by atoms with Crippen molar-refractivity contribution >= 4 is 11.8 Å². The number of aromatic nitrogens is 2. The smallest absolute Gasteiger partial charge is 0.408 e. The summed E-state index contributed by atoms with van der Waals surface area (Å²) in [7, 11) is 1.63. The number of rotatable bonds is 2. The van der Waals surface area contributed by atoms with Gasteiger partial charge in [0.2, 0.25) is 0 Å². The lowest BCUT2D eigenvalue weighted by Gasteiger charge is -2.27. The summed E-state index contributed by atoms with van der Waals surface area (Å²) < 4.78 is 38.2. The fourth-order valence-electron chi connectivity index (χ4n) is 2.04. The average molecular weight is 378 g/mol. The second-order valence-electron chi connectivity index (χ2n) is 6.78. The standard InChI is InChI=1S/C11H19F2NO3.C4H5N3O2/c1-10(2,3)17-9(15)14-8-5-4-6-16-7-11(8,12)13;1-6-3-4(2-5-6)7(8)9/h8H,4-7H2,1-3H3,(H,14,15);2-3H,1H3. The van der Waals surface area contributed by atoms with Gasteiger partial charge in [0.05, 0.1) is 11.0 Å². The number of nitro groups is 1. The Morgan fingerprint density at radius 3 is 2.65 bits per heavy atom. The molecule has 0 radical (unpaired) electrons. The highest BCUT2D eigenvalue weighted by molar-refractivity contribution is 5.68. The third kappa shape index (κ3) is 7.72. The predicted octanol–water partition coefficient (Wildman–Crippen LogP) is 2.65. The molecular formula is C15H24F2N4O5. The lowest BCUT2D eigenvalue weighted by molar-refractivity contribution is -0.384. The summed E-state index contributed by atoms with van der Waals surface area (Å²) in [6.45, 7) is 4.68. The summed E-state index contributed by atoms with van der Waals surface area (Å²) in [6, 6.07) is -1.22. The highest BCUT2D eigenvalue weighted by Gasteiger charge is 2.42. The third-order valence-corrected chi connectivity index (χ3v) is 3.18. The van der Waals surface area contributed by atoms with Crippen LogP contribution >= 0.6 is 0 Å². The second-order valence-corrected chi connectivity index (χ2v) is 6.78. The molecule has 1 amide bonds. The molecule has 1 aliphatic heterocycles. The van der Waals surface area contributed by atoms with Gasteiger partial charge in [0.15, 0.2) is 0 Å². The van der Waals surface area contributed by atoms with Crippen LogP contribution in [0.1, 0.15) is 33.6 Å². The van der Waals surface area contributed by atoms with Crippen molar-refractivity contribution in [3.63, 3.8) is 0 Å². The molecule has 1 N–H and O–H groups in total. The van der Waals surface area contributed by atoms with Crippen LogP contribution in [0.4, 0.5) is 19.3 Å². The van der Waals surface area contributed by atoms with E-state index in [1.54, 1.807) is 27.8 Å². The minimum atomic E-state index is -3.05. The molecule has 1 fully saturated rings. The van der Waals surface area contributed by atoms with E-state index in [9.17, 15) is 23.7 Å². The maximum atomic E-state index is 13.5. The van der Waals surface area contributed by atoms with Crippen molar-refractivity contribution in [2.75, 3.05) is 13.2 Å². The van der Waals surface area contributed by atoms with Crippen LogP contribution in [-0.2, 0) is 16.5 Å². The largest absolute Gasteiger partial charge is 0.444 e. The minimum absolute atomic E-state index is 0.0255. The molecule has 1 unspecified atom stereocenters. The normalized spacial score (nSPS) is 19.5. The maximum absolute atomic E-state index is 13.5. The van der Waals surface area contributed by atoms with Gasteiger partial charge in [-0.15, -0.1) is 0 Å². The fourth-order valence-corrected chi connectivity index (χ4v) is 2.04. The predicted molar refractivity (Wildman–Crippen MR) is 88.0 cm³/mol. The fraction of sp³-hybridized carbons (Fsp3) is 0.733. The number of aryl methyl sites for hydroxylation is 1. The molecule has 1 saturated heterocycles. The van der Waals surface area contributed by atoms with Crippen LogP contribution in [0.15, 0.2) is 12.4 Å². The maximum Gasteiger partial charge on any atom is 0.408 e. The number of alkyl halides is 2. The Morgan fingerprint density at radius 2 is 2.19 bits per heavy atom. The van der Waals surface area contributed by atoms with Crippen LogP contribution in [0, 0.1) is 10.1 Å². The first kappa shape index (κ1) is 21.7. The molecular weight excluding hydrogens is 354 g/mol. The van der Waals surface area contributed by atoms with Crippen LogP contribution in [0.5, 0.6) is 0 Å². The molecule has 1 atom stereocenters. The Morgan fingerprint density at radius 1 is 1.54 bits per heavy atom. The van der Waals surface area contributed by atoms with E-state index in [4.69, 9.17) is 9.47 Å². The first-order valence-corrected chi connectivity index (χ1v) is 7.99. The second kappa shape index (κ2) is 8.88. The van der Waals surface area contributed by atoms with E-state index in [2.05, 4.69) is 10.4 Å². The van der Waals surface area contributed by atoms with Gasteiger partial charge in [-0.3, -0.25) is 14.8 Å². The first-order chi connectivity index (χ1) is 11.9. The number of hydrogen-bond donors (Lipinski definition) is 1. The molecule has 0 saturated carbocycles. The molecule has 11 heteroatoms. The van der Waals surface area contributed by atoms with E-state index in [1.165, 1.54) is 17.1 Å². The van der Waals surface area contributed by atoms with E-state index in [0.29, 0.717) is 13.0 Å². The number of ether oxygens (including phenoxy) is 2. The van der Waals surface area contributed by atoms with E-state index in [0.717, 1.165) is 0 Å². The Bertz CT molecular complexity index is 615. The number of alkyl carbamates (subject to hydrolysis) is 1. The van der Waals surface area contributed by atoms with Crippen molar-refractivity contribution < 1.29 is 28.0 Å². The van der Waals surface area contributed by atoms with E-state index in [-0.39, 0.29) is 12.1 Å². The summed E-state index contributed by atoms with van der Waals surface area (Å²) in [5.74, 6) is -3.05. The van der Waals surface area contributed by atoms with Gasteiger partial charge in [-0.1, -0.05) is 0 Å². The SMILES string of the molecule is CC(C)(C)OC(=O)NC1CCCOCC1(F)F.Cn1cc([N+](=O)[O-])cn1. The van der Waals surface area contributed by atoms with Gasteiger partial charge in [0, 0.05) is 13.7 Å². The monoisotopic (exact) mass is 378 g/mol.